The maximum atomic E-state index is 12.1. The number of benzene rings is 1. The average Bonchev–Trinajstić information content (AvgIpc) is 2.62. The molecule has 0 bridgehead atoms. The molecule has 3 heteroatoms. The average molecular weight is 196 g/mol. The Hall–Kier alpha value is -1.25. The van der Waals surface area contributed by atoms with Gasteiger partial charge in [-0.25, -0.2) is 8.78 Å². The van der Waals surface area contributed by atoms with E-state index >= 15 is 0 Å². The van der Waals surface area contributed by atoms with Crippen LogP contribution in [0.5, 0.6) is 0 Å². The summed E-state index contributed by atoms with van der Waals surface area (Å²) < 4.78 is 24.2. The topological polar surface area (TPSA) is 17.1 Å². The van der Waals surface area contributed by atoms with Crippen molar-refractivity contribution in [1.29, 1.82) is 0 Å². The fraction of sp³-hybridized carbons (Fsp3) is 0.364. The van der Waals surface area contributed by atoms with E-state index in [1.54, 1.807) is 12.1 Å². The Kier molecular flexibility index (Phi) is 2.32. The van der Waals surface area contributed by atoms with Crippen LogP contribution in [0.2, 0.25) is 0 Å². The lowest BCUT2D eigenvalue weighted by atomic mass is 10.0. The third kappa shape index (κ3) is 1.54. The SMILES string of the molecule is O=C(c1ccc2c(c1)CCC2)C(F)F. The highest BCUT2D eigenvalue weighted by molar-refractivity contribution is 5.98. The number of alkyl halides is 2. The molecule has 2 rings (SSSR count). The molecule has 0 aromatic heterocycles. The zero-order chi connectivity index (χ0) is 10.1. The number of carbonyl (C=O) groups is 1. The highest BCUT2D eigenvalue weighted by Crippen LogP contribution is 2.23. The second-order valence-electron chi connectivity index (χ2n) is 3.50. The second kappa shape index (κ2) is 3.48. The van der Waals surface area contributed by atoms with Crippen molar-refractivity contribution in [3.63, 3.8) is 0 Å². The van der Waals surface area contributed by atoms with E-state index in [-0.39, 0.29) is 5.56 Å². The van der Waals surface area contributed by atoms with E-state index < -0.39 is 12.2 Å². The molecular weight excluding hydrogens is 186 g/mol. The number of halogens is 2. The number of carbonyl (C=O) groups excluding carboxylic acids is 1. The Morgan fingerprint density at radius 1 is 1.21 bits per heavy atom. The molecule has 1 aromatic rings. The van der Waals surface area contributed by atoms with E-state index in [0.29, 0.717) is 0 Å². The summed E-state index contributed by atoms with van der Waals surface area (Å²) in [6.45, 7) is 0. The molecule has 0 unspecified atom stereocenters. The number of aryl methyl sites for hydroxylation is 2. The molecule has 0 radical (unpaired) electrons. The van der Waals surface area contributed by atoms with Crippen LogP contribution in [0.3, 0.4) is 0 Å². The minimum Gasteiger partial charge on any atom is -0.288 e. The van der Waals surface area contributed by atoms with Crippen LogP contribution >= 0.6 is 0 Å². The van der Waals surface area contributed by atoms with Gasteiger partial charge >= 0.3 is 6.43 Å². The van der Waals surface area contributed by atoms with Crippen LogP contribution in [0.4, 0.5) is 8.78 Å². The number of ketones is 1. The van der Waals surface area contributed by atoms with E-state index in [1.807, 2.05) is 0 Å². The van der Waals surface area contributed by atoms with Crippen LogP contribution in [0.25, 0.3) is 0 Å². The predicted molar refractivity (Wildman–Crippen MR) is 48.8 cm³/mol. The van der Waals surface area contributed by atoms with Crippen LogP contribution in [-0.4, -0.2) is 12.2 Å². The Morgan fingerprint density at radius 3 is 2.64 bits per heavy atom. The standard InChI is InChI=1S/C11H10F2O/c12-11(13)10(14)9-5-4-7-2-1-3-8(7)6-9/h4-6,11H,1-3H2. The molecule has 0 saturated carbocycles. The predicted octanol–water partition coefficient (Wildman–Crippen LogP) is 2.62. The minimum atomic E-state index is -2.89. The van der Waals surface area contributed by atoms with Crippen molar-refractivity contribution < 1.29 is 13.6 Å². The third-order valence-corrected chi connectivity index (χ3v) is 2.58. The molecule has 1 nitrogen and oxygen atoms in total. The molecular formula is C11H10F2O. The first-order valence-corrected chi connectivity index (χ1v) is 4.62. The summed E-state index contributed by atoms with van der Waals surface area (Å²) in [6.07, 6.45) is 0.0641. The molecule has 0 saturated heterocycles. The van der Waals surface area contributed by atoms with Gasteiger partial charge in [-0.2, -0.15) is 0 Å². The van der Waals surface area contributed by atoms with E-state index in [1.165, 1.54) is 11.6 Å². The number of rotatable bonds is 2. The van der Waals surface area contributed by atoms with Crippen molar-refractivity contribution in [1.82, 2.24) is 0 Å². The number of hydrogen-bond donors (Lipinski definition) is 0. The van der Waals surface area contributed by atoms with Crippen molar-refractivity contribution in [2.75, 3.05) is 0 Å². The molecule has 0 fully saturated rings. The van der Waals surface area contributed by atoms with Crippen molar-refractivity contribution in [3.05, 3.63) is 34.9 Å². The van der Waals surface area contributed by atoms with Gasteiger partial charge < -0.3 is 0 Å². The van der Waals surface area contributed by atoms with Crippen molar-refractivity contribution in [2.24, 2.45) is 0 Å². The maximum Gasteiger partial charge on any atom is 0.300 e. The summed E-state index contributed by atoms with van der Waals surface area (Å²) in [5.74, 6) is -1.07. The van der Waals surface area contributed by atoms with E-state index in [0.717, 1.165) is 24.8 Å². The van der Waals surface area contributed by atoms with Gasteiger partial charge in [0.25, 0.3) is 0 Å². The summed E-state index contributed by atoms with van der Waals surface area (Å²) in [7, 11) is 0. The maximum absolute atomic E-state index is 12.1. The highest BCUT2D eigenvalue weighted by atomic mass is 19.3. The molecule has 0 heterocycles. The van der Waals surface area contributed by atoms with Crippen LogP contribution < -0.4 is 0 Å². The Balaban J connectivity index is 2.33. The number of Topliss-reactive ketones (excluding diaryl/α,β-unsaturated/α-hetero) is 1. The molecule has 1 aliphatic carbocycles. The lowest BCUT2D eigenvalue weighted by Crippen LogP contribution is -2.10. The molecule has 74 valence electrons. The molecule has 0 spiro atoms. The van der Waals surface area contributed by atoms with Gasteiger partial charge in [0.15, 0.2) is 0 Å². The molecule has 1 aromatic carbocycles. The molecule has 0 atom stereocenters. The second-order valence-corrected chi connectivity index (χ2v) is 3.50. The lowest BCUT2D eigenvalue weighted by Gasteiger charge is -2.03. The smallest absolute Gasteiger partial charge is 0.288 e. The largest absolute Gasteiger partial charge is 0.300 e. The van der Waals surface area contributed by atoms with Crippen LogP contribution in [0.15, 0.2) is 18.2 Å². The molecule has 0 aliphatic heterocycles. The molecule has 0 amide bonds. The molecule has 0 N–H and O–H groups in total. The third-order valence-electron chi connectivity index (χ3n) is 2.58. The van der Waals surface area contributed by atoms with Crippen molar-refractivity contribution >= 4 is 5.78 Å². The van der Waals surface area contributed by atoms with E-state index in [4.69, 9.17) is 0 Å². The first-order chi connectivity index (χ1) is 6.68. The molecule has 1 aliphatic rings. The highest BCUT2D eigenvalue weighted by Gasteiger charge is 2.19. The van der Waals surface area contributed by atoms with Gasteiger partial charge in [-0.15, -0.1) is 0 Å². The fourth-order valence-corrected chi connectivity index (χ4v) is 1.85. The normalized spacial score (nSPS) is 14.5. The monoisotopic (exact) mass is 196 g/mol. The van der Waals surface area contributed by atoms with Gasteiger partial charge in [0.1, 0.15) is 0 Å². The van der Waals surface area contributed by atoms with Gasteiger partial charge in [-0.1, -0.05) is 12.1 Å². The first-order valence-electron chi connectivity index (χ1n) is 4.62. The fourth-order valence-electron chi connectivity index (χ4n) is 1.85. The van der Waals surface area contributed by atoms with Crippen molar-refractivity contribution in [2.45, 2.75) is 25.7 Å². The summed E-state index contributed by atoms with van der Waals surface area (Å²) in [5, 5.41) is 0. The van der Waals surface area contributed by atoms with Crippen molar-refractivity contribution in [3.8, 4) is 0 Å². The van der Waals surface area contributed by atoms with Gasteiger partial charge in [-0.05, 0) is 36.5 Å². The Labute approximate surface area is 80.7 Å². The van der Waals surface area contributed by atoms with E-state index in [2.05, 4.69) is 0 Å². The summed E-state index contributed by atoms with van der Waals surface area (Å²) >= 11 is 0. The van der Waals surface area contributed by atoms with Gasteiger partial charge in [0.2, 0.25) is 5.78 Å². The summed E-state index contributed by atoms with van der Waals surface area (Å²) in [5.41, 5.74) is 2.38. The van der Waals surface area contributed by atoms with Crippen LogP contribution in [-0.2, 0) is 12.8 Å². The zero-order valence-electron chi connectivity index (χ0n) is 7.59. The number of fused-ring (bicyclic) bond motifs is 1. The molecule has 14 heavy (non-hydrogen) atoms. The van der Waals surface area contributed by atoms with Gasteiger partial charge in [0.05, 0.1) is 0 Å². The summed E-state index contributed by atoms with van der Waals surface area (Å²) in [6, 6.07) is 4.90. The summed E-state index contributed by atoms with van der Waals surface area (Å²) in [4.78, 5) is 11.0. The van der Waals surface area contributed by atoms with Gasteiger partial charge in [0, 0.05) is 5.56 Å². The zero-order valence-corrected chi connectivity index (χ0v) is 7.59. The number of hydrogen-bond acceptors (Lipinski definition) is 1. The minimum absolute atomic E-state index is 0.139. The Morgan fingerprint density at radius 2 is 1.93 bits per heavy atom. The lowest BCUT2D eigenvalue weighted by molar-refractivity contribution is 0.0678. The Bertz CT molecular complexity index is 372. The first kappa shape index (κ1) is 9.31. The van der Waals surface area contributed by atoms with Gasteiger partial charge in [-0.3, -0.25) is 4.79 Å². The van der Waals surface area contributed by atoms with Crippen LogP contribution in [0.1, 0.15) is 27.9 Å². The quantitative estimate of drug-likeness (QED) is 0.664. The van der Waals surface area contributed by atoms with Crippen LogP contribution in [0, 0.1) is 0 Å². The van der Waals surface area contributed by atoms with E-state index in [9.17, 15) is 13.6 Å².